The van der Waals surface area contributed by atoms with E-state index in [4.69, 9.17) is 4.74 Å². The summed E-state index contributed by atoms with van der Waals surface area (Å²) in [6, 6.07) is 5.42. The molecular formula is C17H24N2O4S. The van der Waals surface area contributed by atoms with Gasteiger partial charge in [0.1, 0.15) is 5.75 Å². The van der Waals surface area contributed by atoms with Crippen LogP contribution in [0.3, 0.4) is 0 Å². The quantitative estimate of drug-likeness (QED) is 0.816. The molecule has 6 nitrogen and oxygen atoms in total. The van der Waals surface area contributed by atoms with Crippen molar-refractivity contribution in [2.24, 2.45) is 0 Å². The first-order valence-corrected chi connectivity index (χ1v) is 10.2. The third kappa shape index (κ3) is 3.50. The monoisotopic (exact) mass is 352 g/mol. The molecular weight excluding hydrogens is 328 g/mol. The Balaban J connectivity index is 1.90. The van der Waals surface area contributed by atoms with Crippen LogP contribution < -0.4 is 9.04 Å². The number of anilines is 1. The fourth-order valence-corrected chi connectivity index (χ4v) is 4.26. The van der Waals surface area contributed by atoms with E-state index in [1.54, 1.807) is 12.1 Å². The van der Waals surface area contributed by atoms with Crippen molar-refractivity contribution >= 4 is 21.6 Å². The average Bonchev–Trinajstić information content (AvgIpc) is 2.74. The molecule has 1 fully saturated rings. The van der Waals surface area contributed by atoms with Gasteiger partial charge in [-0.05, 0) is 43.9 Å². The summed E-state index contributed by atoms with van der Waals surface area (Å²) in [6.45, 7) is 3.67. The lowest BCUT2D eigenvalue weighted by atomic mass is 10.1. The first-order chi connectivity index (χ1) is 11.4. The van der Waals surface area contributed by atoms with Gasteiger partial charge < -0.3 is 9.64 Å². The predicted octanol–water partition coefficient (Wildman–Crippen LogP) is 1.92. The highest BCUT2D eigenvalue weighted by molar-refractivity contribution is 7.92. The first kappa shape index (κ1) is 17.1. The smallest absolute Gasteiger partial charge is 0.263 e. The van der Waals surface area contributed by atoms with Gasteiger partial charge in [0, 0.05) is 26.1 Å². The first-order valence-electron chi connectivity index (χ1n) is 8.40. The van der Waals surface area contributed by atoms with Crippen LogP contribution in [0.25, 0.3) is 0 Å². The van der Waals surface area contributed by atoms with Gasteiger partial charge in [0.15, 0.2) is 6.10 Å². The number of hydrogen-bond donors (Lipinski definition) is 0. The molecule has 3 rings (SSSR count). The number of piperidine rings is 1. The molecule has 132 valence electrons. The number of benzene rings is 1. The normalized spacial score (nSPS) is 21.7. The summed E-state index contributed by atoms with van der Waals surface area (Å²) in [5.41, 5.74) is 1.47. The zero-order valence-electron chi connectivity index (χ0n) is 14.2. The number of hydrogen-bond acceptors (Lipinski definition) is 4. The van der Waals surface area contributed by atoms with Crippen molar-refractivity contribution in [1.29, 1.82) is 0 Å². The Hall–Kier alpha value is -1.76. The van der Waals surface area contributed by atoms with Crippen molar-refractivity contribution in [2.45, 2.75) is 38.7 Å². The van der Waals surface area contributed by atoms with Crippen molar-refractivity contribution in [3.8, 4) is 5.75 Å². The highest BCUT2D eigenvalue weighted by Gasteiger charge is 2.33. The second kappa shape index (κ2) is 6.63. The molecule has 1 aromatic rings. The van der Waals surface area contributed by atoms with E-state index in [0.717, 1.165) is 37.9 Å². The van der Waals surface area contributed by atoms with Crippen LogP contribution in [0.5, 0.6) is 5.75 Å². The number of likely N-dealkylation sites (tertiary alicyclic amines) is 1. The Bertz CT molecular complexity index is 726. The van der Waals surface area contributed by atoms with Crippen LogP contribution in [0.15, 0.2) is 18.2 Å². The molecule has 0 radical (unpaired) electrons. The van der Waals surface area contributed by atoms with Crippen molar-refractivity contribution in [3.05, 3.63) is 23.8 Å². The molecule has 0 aliphatic carbocycles. The number of aryl methyl sites for hydroxylation is 1. The molecule has 1 unspecified atom stereocenters. The molecule has 1 atom stereocenters. The van der Waals surface area contributed by atoms with Gasteiger partial charge in [-0.25, -0.2) is 8.42 Å². The van der Waals surface area contributed by atoms with Crippen molar-refractivity contribution in [3.63, 3.8) is 0 Å². The molecule has 0 N–H and O–H groups in total. The standard InChI is InChI=1S/C17H24N2O4S/c1-13-6-7-15-14(12-13)19(24(2,21)22)11-8-16(23-15)17(20)18-9-4-3-5-10-18/h6-7,12,16H,3-5,8-11H2,1-2H3. The molecule has 7 heteroatoms. The van der Waals surface area contributed by atoms with Crippen LogP contribution in [-0.4, -0.2) is 51.2 Å². The molecule has 1 amide bonds. The number of sulfonamides is 1. The summed E-state index contributed by atoms with van der Waals surface area (Å²) in [7, 11) is -3.42. The molecule has 1 saturated heterocycles. The van der Waals surface area contributed by atoms with Crippen molar-refractivity contribution in [2.75, 3.05) is 30.2 Å². The summed E-state index contributed by atoms with van der Waals surface area (Å²) in [5.74, 6) is 0.426. The van der Waals surface area contributed by atoms with Gasteiger partial charge in [-0.3, -0.25) is 9.10 Å². The maximum absolute atomic E-state index is 12.8. The van der Waals surface area contributed by atoms with E-state index >= 15 is 0 Å². The number of fused-ring (bicyclic) bond motifs is 1. The Labute approximate surface area is 143 Å². The fraction of sp³-hybridized carbons (Fsp3) is 0.588. The topological polar surface area (TPSA) is 66.9 Å². The van der Waals surface area contributed by atoms with E-state index in [9.17, 15) is 13.2 Å². The summed E-state index contributed by atoms with van der Waals surface area (Å²) in [6.07, 6.45) is 4.10. The molecule has 0 spiro atoms. The van der Waals surface area contributed by atoms with Crippen molar-refractivity contribution < 1.29 is 17.9 Å². The van der Waals surface area contributed by atoms with Gasteiger partial charge in [-0.15, -0.1) is 0 Å². The minimum atomic E-state index is -3.42. The van der Waals surface area contributed by atoms with Gasteiger partial charge in [0.2, 0.25) is 10.0 Å². The zero-order chi connectivity index (χ0) is 17.3. The molecule has 0 saturated carbocycles. The van der Waals surface area contributed by atoms with Crippen LogP contribution in [0, 0.1) is 6.92 Å². The van der Waals surface area contributed by atoms with Gasteiger partial charge in [0.05, 0.1) is 11.9 Å². The van der Waals surface area contributed by atoms with E-state index in [2.05, 4.69) is 0 Å². The lowest BCUT2D eigenvalue weighted by Crippen LogP contribution is -2.45. The summed E-state index contributed by atoms with van der Waals surface area (Å²) in [5, 5.41) is 0. The number of ether oxygens (including phenoxy) is 1. The highest BCUT2D eigenvalue weighted by Crippen LogP contribution is 2.35. The summed E-state index contributed by atoms with van der Waals surface area (Å²) < 4.78 is 31.6. The Kier molecular flexibility index (Phi) is 4.71. The fourth-order valence-electron chi connectivity index (χ4n) is 3.33. The molecule has 24 heavy (non-hydrogen) atoms. The lowest BCUT2D eigenvalue weighted by Gasteiger charge is -2.30. The molecule has 2 aliphatic rings. The summed E-state index contributed by atoms with van der Waals surface area (Å²) in [4.78, 5) is 14.6. The highest BCUT2D eigenvalue weighted by atomic mass is 32.2. The van der Waals surface area contributed by atoms with Crippen LogP contribution in [0.4, 0.5) is 5.69 Å². The second-order valence-corrected chi connectivity index (χ2v) is 8.49. The largest absolute Gasteiger partial charge is 0.478 e. The van der Waals surface area contributed by atoms with E-state index in [1.807, 2.05) is 17.9 Å². The maximum Gasteiger partial charge on any atom is 0.263 e. The number of carbonyl (C=O) groups excluding carboxylic acids is 1. The van der Waals surface area contributed by atoms with E-state index in [-0.39, 0.29) is 12.5 Å². The number of carbonyl (C=O) groups is 1. The Morgan fingerprint density at radius 3 is 2.54 bits per heavy atom. The predicted molar refractivity (Wildman–Crippen MR) is 92.8 cm³/mol. The van der Waals surface area contributed by atoms with E-state index in [1.165, 1.54) is 10.6 Å². The van der Waals surface area contributed by atoms with Gasteiger partial charge in [-0.1, -0.05) is 6.07 Å². The minimum absolute atomic E-state index is 0.0309. The minimum Gasteiger partial charge on any atom is -0.478 e. The van der Waals surface area contributed by atoms with Crippen LogP contribution in [0.1, 0.15) is 31.2 Å². The lowest BCUT2D eigenvalue weighted by molar-refractivity contribution is -0.139. The van der Waals surface area contributed by atoms with Crippen LogP contribution in [-0.2, 0) is 14.8 Å². The second-order valence-electron chi connectivity index (χ2n) is 6.59. The molecule has 0 aromatic heterocycles. The number of nitrogens with zero attached hydrogens (tertiary/aromatic N) is 2. The third-order valence-electron chi connectivity index (χ3n) is 4.59. The number of amides is 1. The molecule has 0 bridgehead atoms. The van der Waals surface area contributed by atoms with Crippen LogP contribution >= 0.6 is 0 Å². The zero-order valence-corrected chi connectivity index (χ0v) is 15.0. The molecule has 2 heterocycles. The SMILES string of the molecule is Cc1ccc2c(c1)N(S(C)(=O)=O)CCC(C(=O)N1CCCCC1)O2. The van der Waals surface area contributed by atoms with Gasteiger partial charge >= 0.3 is 0 Å². The number of rotatable bonds is 2. The van der Waals surface area contributed by atoms with Crippen LogP contribution in [0.2, 0.25) is 0 Å². The van der Waals surface area contributed by atoms with Gasteiger partial charge in [-0.2, -0.15) is 0 Å². The van der Waals surface area contributed by atoms with E-state index < -0.39 is 16.1 Å². The Morgan fingerprint density at radius 1 is 1.17 bits per heavy atom. The van der Waals surface area contributed by atoms with E-state index in [0.29, 0.717) is 17.9 Å². The molecule has 1 aromatic carbocycles. The molecule has 2 aliphatic heterocycles. The third-order valence-corrected chi connectivity index (χ3v) is 5.77. The summed E-state index contributed by atoms with van der Waals surface area (Å²) >= 11 is 0. The Morgan fingerprint density at radius 2 is 1.88 bits per heavy atom. The maximum atomic E-state index is 12.8. The average molecular weight is 352 g/mol. The van der Waals surface area contributed by atoms with Crippen molar-refractivity contribution in [1.82, 2.24) is 4.90 Å². The van der Waals surface area contributed by atoms with Gasteiger partial charge in [0.25, 0.3) is 5.91 Å².